The molecule has 0 aromatic heterocycles. The molecule has 108 valence electrons. The highest BCUT2D eigenvalue weighted by Gasteiger charge is 2.42. The molecule has 1 aliphatic rings. The van der Waals surface area contributed by atoms with Crippen LogP contribution in [-0.4, -0.2) is 27.8 Å². The van der Waals surface area contributed by atoms with Gasteiger partial charge in [-0.3, -0.25) is 4.79 Å². The van der Waals surface area contributed by atoms with Crippen molar-refractivity contribution >= 4 is 11.5 Å². The number of aliphatic hydroxyl groups is 2. The number of aliphatic hydroxyl groups excluding tert-OH is 2. The Morgan fingerprint density at radius 3 is 2.32 bits per heavy atom. The van der Waals surface area contributed by atoms with E-state index in [4.69, 9.17) is 5.41 Å². The van der Waals surface area contributed by atoms with Gasteiger partial charge in [-0.2, -0.15) is 0 Å². The van der Waals surface area contributed by atoms with E-state index >= 15 is 0 Å². The van der Waals surface area contributed by atoms with Crippen molar-refractivity contribution in [3.05, 3.63) is 11.3 Å². The molecule has 0 radical (unpaired) electrons. The van der Waals surface area contributed by atoms with Crippen molar-refractivity contribution in [2.45, 2.75) is 53.1 Å². The molecule has 1 rings (SSSR count). The van der Waals surface area contributed by atoms with Gasteiger partial charge < -0.3 is 15.6 Å². The minimum absolute atomic E-state index is 0.0509. The van der Waals surface area contributed by atoms with E-state index in [-0.39, 0.29) is 28.7 Å². The van der Waals surface area contributed by atoms with Gasteiger partial charge in [0.2, 0.25) is 0 Å². The second-order valence-electron chi connectivity index (χ2n) is 6.22. The number of ketones is 1. The molecule has 0 saturated carbocycles. The molecule has 0 aliphatic heterocycles. The fourth-order valence-corrected chi connectivity index (χ4v) is 2.41. The average molecular weight is 267 g/mol. The Morgan fingerprint density at radius 1 is 1.26 bits per heavy atom. The van der Waals surface area contributed by atoms with Crippen LogP contribution in [0.25, 0.3) is 0 Å². The lowest BCUT2D eigenvalue weighted by Crippen LogP contribution is -2.23. The monoisotopic (exact) mass is 267 g/mol. The topological polar surface area (TPSA) is 81.4 Å². The fourth-order valence-electron chi connectivity index (χ4n) is 2.41. The molecule has 0 saturated heterocycles. The zero-order valence-electron chi connectivity index (χ0n) is 12.2. The molecule has 4 nitrogen and oxygen atoms in total. The zero-order valence-corrected chi connectivity index (χ0v) is 12.2. The maximum absolute atomic E-state index is 12.2. The van der Waals surface area contributed by atoms with Crippen molar-refractivity contribution in [1.29, 1.82) is 5.41 Å². The Kier molecular flexibility index (Phi) is 5.29. The third kappa shape index (κ3) is 3.66. The summed E-state index contributed by atoms with van der Waals surface area (Å²) in [7, 11) is 0. The summed E-state index contributed by atoms with van der Waals surface area (Å²) in [6, 6.07) is 0. The molecular weight excluding hydrogens is 242 g/mol. The standard InChI is InChI=1S/C15H25NO3/c1-8(2)5-6-10-13(17)12(15(19)14(10)18)11(16)7-9(3)4/h8-10,14,16,18-19H,5-7H2,1-4H3. The largest absolute Gasteiger partial charge is 0.509 e. The molecule has 0 aromatic rings. The molecule has 1 aliphatic carbocycles. The summed E-state index contributed by atoms with van der Waals surface area (Å²) in [6.45, 7) is 8.03. The third-order valence-corrected chi connectivity index (χ3v) is 3.47. The maximum Gasteiger partial charge on any atom is 0.174 e. The number of allylic oxidation sites excluding steroid dienone is 1. The van der Waals surface area contributed by atoms with Crippen LogP contribution in [0.3, 0.4) is 0 Å². The first-order valence-electron chi connectivity index (χ1n) is 6.98. The third-order valence-electron chi connectivity index (χ3n) is 3.47. The Hall–Kier alpha value is -1.16. The van der Waals surface area contributed by atoms with Crippen LogP contribution < -0.4 is 0 Å². The van der Waals surface area contributed by atoms with Gasteiger partial charge in [0, 0.05) is 5.71 Å². The summed E-state index contributed by atoms with van der Waals surface area (Å²) in [6.07, 6.45) is 0.689. The van der Waals surface area contributed by atoms with Crippen LogP contribution in [-0.2, 0) is 4.79 Å². The van der Waals surface area contributed by atoms with Crippen molar-refractivity contribution in [2.24, 2.45) is 17.8 Å². The molecule has 0 bridgehead atoms. The van der Waals surface area contributed by atoms with Gasteiger partial charge in [-0.05, 0) is 24.7 Å². The van der Waals surface area contributed by atoms with Crippen molar-refractivity contribution in [3.8, 4) is 0 Å². The molecule has 3 N–H and O–H groups in total. The Labute approximate surface area is 115 Å². The minimum Gasteiger partial charge on any atom is -0.509 e. The van der Waals surface area contributed by atoms with E-state index in [1.807, 2.05) is 13.8 Å². The first kappa shape index (κ1) is 15.9. The van der Waals surface area contributed by atoms with Gasteiger partial charge >= 0.3 is 0 Å². The van der Waals surface area contributed by atoms with Crippen molar-refractivity contribution in [2.75, 3.05) is 0 Å². The van der Waals surface area contributed by atoms with Crippen LogP contribution in [0.1, 0.15) is 47.0 Å². The lowest BCUT2D eigenvalue weighted by atomic mass is 9.91. The number of hydrogen-bond donors (Lipinski definition) is 3. The molecule has 0 fully saturated rings. The van der Waals surface area contributed by atoms with E-state index in [1.54, 1.807) is 0 Å². The molecule has 2 unspecified atom stereocenters. The van der Waals surface area contributed by atoms with Crippen LogP contribution >= 0.6 is 0 Å². The molecule has 0 spiro atoms. The first-order valence-corrected chi connectivity index (χ1v) is 6.98. The van der Waals surface area contributed by atoms with Crippen LogP contribution in [0, 0.1) is 23.2 Å². The number of nitrogens with one attached hydrogen (secondary N) is 1. The minimum atomic E-state index is -1.13. The first-order chi connectivity index (χ1) is 8.75. The smallest absolute Gasteiger partial charge is 0.174 e. The molecule has 0 amide bonds. The van der Waals surface area contributed by atoms with Gasteiger partial charge in [0.1, 0.15) is 11.9 Å². The number of rotatable bonds is 6. The Morgan fingerprint density at radius 2 is 1.84 bits per heavy atom. The van der Waals surface area contributed by atoms with Gasteiger partial charge in [-0.15, -0.1) is 0 Å². The lowest BCUT2D eigenvalue weighted by Gasteiger charge is -2.14. The molecule has 0 aromatic carbocycles. The quantitative estimate of drug-likeness (QED) is 0.647. The van der Waals surface area contributed by atoms with Crippen LogP contribution in [0.15, 0.2) is 11.3 Å². The molecule has 0 heterocycles. The summed E-state index contributed by atoms with van der Waals surface area (Å²) in [5, 5.41) is 27.8. The van der Waals surface area contributed by atoms with E-state index in [0.717, 1.165) is 6.42 Å². The van der Waals surface area contributed by atoms with E-state index in [2.05, 4.69) is 13.8 Å². The van der Waals surface area contributed by atoms with Gasteiger partial charge in [-0.1, -0.05) is 34.1 Å². The Balaban J connectivity index is 2.83. The summed E-state index contributed by atoms with van der Waals surface area (Å²) in [4.78, 5) is 12.2. The predicted octanol–water partition coefficient (Wildman–Crippen LogP) is 2.86. The zero-order chi connectivity index (χ0) is 14.7. The summed E-state index contributed by atoms with van der Waals surface area (Å²) in [5.41, 5.74) is 0.193. The predicted molar refractivity (Wildman–Crippen MR) is 75.4 cm³/mol. The van der Waals surface area contributed by atoms with Crippen LogP contribution in [0.5, 0.6) is 0 Å². The van der Waals surface area contributed by atoms with Crippen molar-refractivity contribution in [1.82, 2.24) is 0 Å². The summed E-state index contributed by atoms with van der Waals surface area (Å²) in [5.74, 6) is -0.459. The SMILES string of the molecule is CC(C)CCC1C(=O)C(C(=N)CC(C)C)=C(O)C1O. The van der Waals surface area contributed by atoms with Crippen LogP contribution in [0.4, 0.5) is 0 Å². The second-order valence-corrected chi connectivity index (χ2v) is 6.22. The molecule has 19 heavy (non-hydrogen) atoms. The highest BCUT2D eigenvalue weighted by Crippen LogP contribution is 2.33. The number of carbonyl (C=O) groups is 1. The van der Waals surface area contributed by atoms with Crippen LogP contribution in [0.2, 0.25) is 0 Å². The molecular formula is C15H25NO3. The van der Waals surface area contributed by atoms with E-state index in [1.165, 1.54) is 0 Å². The molecule has 2 atom stereocenters. The van der Waals surface area contributed by atoms with E-state index < -0.39 is 12.0 Å². The van der Waals surface area contributed by atoms with Gasteiger partial charge in [-0.25, -0.2) is 0 Å². The lowest BCUT2D eigenvalue weighted by molar-refractivity contribution is -0.120. The van der Waals surface area contributed by atoms with Crippen molar-refractivity contribution < 1.29 is 15.0 Å². The van der Waals surface area contributed by atoms with Gasteiger partial charge in [0.25, 0.3) is 0 Å². The number of Topliss-reactive ketones (excluding diaryl/α,β-unsaturated/α-hetero) is 1. The summed E-state index contributed by atoms with van der Waals surface area (Å²) >= 11 is 0. The normalized spacial score (nSPS) is 23.8. The van der Waals surface area contributed by atoms with Gasteiger partial charge in [0.05, 0.1) is 11.5 Å². The van der Waals surface area contributed by atoms with Gasteiger partial charge in [0.15, 0.2) is 5.78 Å². The number of carbonyl (C=O) groups excluding carboxylic acids is 1. The Bertz CT molecular complexity index is 396. The summed E-state index contributed by atoms with van der Waals surface area (Å²) < 4.78 is 0. The fraction of sp³-hybridized carbons (Fsp3) is 0.733. The maximum atomic E-state index is 12.2. The second kappa shape index (κ2) is 6.33. The highest BCUT2D eigenvalue weighted by molar-refractivity contribution is 6.24. The van der Waals surface area contributed by atoms with Crippen molar-refractivity contribution in [3.63, 3.8) is 0 Å². The number of hydrogen-bond acceptors (Lipinski definition) is 4. The highest BCUT2D eigenvalue weighted by atomic mass is 16.3. The van der Waals surface area contributed by atoms with E-state index in [0.29, 0.717) is 18.8 Å². The average Bonchev–Trinajstić information content (AvgIpc) is 2.47. The van der Waals surface area contributed by atoms with E-state index in [9.17, 15) is 15.0 Å². The molecule has 4 heteroatoms.